The fraction of sp³-hybridized carbons (Fsp3) is 0.797. The molecule has 1 N–H and O–H groups in total. The molecule has 0 radical (unpaired) electrons. The van der Waals surface area contributed by atoms with Crippen LogP contribution in [0.1, 0.15) is 386 Å². The third-order valence-electron chi connectivity index (χ3n) is 16.7. The Bertz CT molecular complexity index is 1520. The van der Waals surface area contributed by atoms with Crippen molar-refractivity contribution in [2.45, 2.75) is 392 Å². The zero-order chi connectivity index (χ0) is 60.5. The highest BCUT2D eigenvalue weighted by atomic mass is 16.6. The minimum Gasteiger partial charge on any atom is -0.462 e. The summed E-state index contributed by atoms with van der Waals surface area (Å²) in [6.45, 7) is 4.08. The highest BCUT2D eigenvalue weighted by molar-refractivity contribution is 5.70. The van der Waals surface area contributed by atoms with E-state index in [2.05, 4.69) is 98.9 Å². The van der Waals surface area contributed by atoms with Crippen LogP contribution in [0.3, 0.4) is 0 Å². The lowest BCUT2D eigenvalue weighted by Crippen LogP contribution is -2.28. The second-order valence-corrected chi connectivity index (χ2v) is 25.0. The number of aliphatic hydroxyl groups is 1. The third kappa shape index (κ3) is 71.6. The van der Waals surface area contributed by atoms with Crippen LogP contribution in [0.25, 0.3) is 0 Å². The van der Waals surface area contributed by atoms with Crippen LogP contribution in [0.4, 0.5) is 0 Å². The van der Waals surface area contributed by atoms with Crippen molar-refractivity contribution in [1.82, 2.24) is 0 Å². The van der Waals surface area contributed by atoms with Gasteiger partial charge in [0.2, 0.25) is 0 Å². The summed E-state index contributed by atoms with van der Waals surface area (Å²) in [5, 5.41) is 9.72. The van der Waals surface area contributed by atoms with E-state index in [1.54, 1.807) is 0 Å². The lowest BCUT2D eigenvalue weighted by Gasteiger charge is -2.15. The summed E-state index contributed by atoms with van der Waals surface area (Å²) in [5.74, 6) is -0.571. The molecule has 1 atom stereocenters. The summed E-state index contributed by atoms with van der Waals surface area (Å²) in [6, 6.07) is 0. The van der Waals surface area contributed by atoms with Gasteiger partial charge >= 0.3 is 11.9 Å². The Hall–Kier alpha value is -2.92. The zero-order valence-corrected chi connectivity index (χ0v) is 56.2. The number of hydrogen-bond donors (Lipinski definition) is 1. The van der Waals surface area contributed by atoms with E-state index in [1.807, 2.05) is 0 Å². The molecule has 84 heavy (non-hydrogen) atoms. The van der Waals surface area contributed by atoms with Gasteiger partial charge in [0.1, 0.15) is 6.61 Å². The number of carbonyl (C=O) groups is 2. The molecule has 0 rings (SSSR count). The molecule has 1 unspecified atom stereocenters. The maximum absolute atomic E-state index is 12.4. The maximum atomic E-state index is 12.4. The summed E-state index contributed by atoms with van der Waals surface area (Å²) >= 11 is 0. The quantitative estimate of drug-likeness (QED) is 0.0373. The molecular formula is C79H142O5. The Morgan fingerprint density at radius 1 is 0.286 bits per heavy atom. The number of rotatable bonds is 69. The van der Waals surface area contributed by atoms with E-state index in [4.69, 9.17) is 9.47 Å². The van der Waals surface area contributed by atoms with Crippen molar-refractivity contribution in [3.63, 3.8) is 0 Å². The topological polar surface area (TPSA) is 72.8 Å². The van der Waals surface area contributed by atoms with E-state index in [9.17, 15) is 14.7 Å². The molecule has 0 bridgehead atoms. The Kier molecular flexibility index (Phi) is 71.7. The van der Waals surface area contributed by atoms with Gasteiger partial charge in [-0.25, -0.2) is 0 Å². The van der Waals surface area contributed by atoms with Crippen molar-refractivity contribution < 1.29 is 24.2 Å². The highest BCUT2D eigenvalue weighted by Crippen LogP contribution is 2.19. The van der Waals surface area contributed by atoms with Gasteiger partial charge in [-0.05, 0) is 89.9 Å². The second-order valence-electron chi connectivity index (χ2n) is 25.0. The summed E-state index contributed by atoms with van der Waals surface area (Å²) < 4.78 is 10.8. The number of carbonyl (C=O) groups excluding carboxylic acids is 2. The van der Waals surface area contributed by atoms with Crippen LogP contribution in [0.5, 0.6) is 0 Å². The highest BCUT2D eigenvalue weighted by Gasteiger charge is 2.16. The van der Waals surface area contributed by atoms with E-state index in [-0.39, 0.29) is 25.2 Å². The summed E-state index contributed by atoms with van der Waals surface area (Å²) in [6.07, 6.45) is 105. The molecule has 0 aliphatic rings. The molecule has 0 amide bonds. The van der Waals surface area contributed by atoms with E-state index in [1.165, 1.54) is 283 Å². The first-order chi connectivity index (χ1) is 41.6. The predicted molar refractivity (Wildman–Crippen MR) is 371 cm³/mol. The van der Waals surface area contributed by atoms with Gasteiger partial charge in [0, 0.05) is 12.8 Å². The van der Waals surface area contributed by atoms with Crippen LogP contribution in [0, 0.1) is 0 Å². The first-order valence-corrected chi connectivity index (χ1v) is 37.1. The van der Waals surface area contributed by atoms with Crippen molar-refractivity contribution in [2.24, 2.45) is 0 Å². The average molecular weight is 1170 g/mol. The predicted octanol–water partition coefficient (Wildman–Crippen LogP) is 26.0. The smallest absolute Gasteiger partial charge is 0.306 e. The van der Waals surface area contributed by atoms with Gasteiger partial charge in [0.15, 0.2) is 6.10 Å². The lowest BCUT2D eigenvalue weighted by atomic mass is 10.0. The summed E-state index contributed by atoms with van der Waals surface area (Å²) in [7, 11) is 0. The van der Waals surface area contributed by atoms with Crippen molar-refractivity contribution in [3.8, 4) is 0 Å². The number of ether oxygens (including phenoxy) is 2. The molecule has 0 heterocycles. The Morgan fingerprint density at radius 3 is 0.786 bits per heavy atom. The number of aliphatic hydroxyl groups excluding tert-OH is 1. The third-order valence-corrected chi connectivity index (χ3v) is 16.7. The van der Waals surface area contributed by atoms with E-state index < -0.39 is 6.10 Å². The molecule has 0 saturated carbocycles. The molecule has 0 aromatic carbocycles. The first-order valence-electron chi connectivity index (χ1n) is 37.1. The normalized spacial score (nSPS) is 12.7. The summed E-state index contributed by atoms with van der Waals surface area (Å²) in [4.78, 5) is 24.7. The van der Waals surface area contributed by atoms with Crippen molar-refractivity contribution >= 4 is 11.9 Å². The van der Waals surface area contributed by atoms with Crippen molar-refractivity contribution in [1.29, 1.82) is 0 Å². The van der Waals surface area contributed by atoms with Crippen LogP contribution >= 0.6 is 0 Å². The molecule has 5 nitrogen and oxygen atoms in total. The molecule has 0 fully saturated rings. The van der Waals surface area contributed by atoms with E-state index in [0.717, 1.165) is 77.0 Å². The van der Waals surface area contributed by atoms with Gasteiger partial charge in [0.25, 0.3) is 0 Å². The summed E-state index contributed by atoms with van der Waals surface area (Å²) in [5.41, 5.74) is 0. The molecule has 0 aromatic rings. The molecule has 5 heteroatoms. The minimum absolute atomic E-state index is 0.0624. The van der Waals surface area contributed by atoms with Crippen LogP contribution in [0.2, 0.25) is 0 Å². The molecule has 488 valence electrons. The van der Waals surface area contributed by atoms with Gasteiger partial charge in [0.05, 0.1) is 6.61 Å². The van der Waals surface area contributed by atoms with Crippen LogP contribution in [-0.4, -0.2) is 36.4 Å². The molecule has 0 aromatic heterocycles. The van der Waals surface area contributed by atoms with E-state index in [0.29, 0.717) is 12.8 Å². The van der Waals surface area contributed by atoms with Crippen LogP contribution in [0.15, 0.2) is 85.1 Å². The lowest BCUT2D eigenvalue weighted by molar-refractivity contribution is -0.161. The van der Waals surface area contributed by atoms with Gasteiger partial charge < -0.3 is 14.6 Å². The van der Waals surface area contributed by atoms with Gasteiger partial charge in [-0.15, -0.1) is 0 Å². The molecule has 0 aliphatic heterocycles. The minimum atomic E-state index is -0.774. The first kappa shape index (κ1) is 81.1. The number of esters is 2. The van der Waals surface area contributed by atoms with Crippen molar-refractivity contribution in [3.05, 3.63) is 85.1 Å². The number of hydrogen-bond acceptors (Lipinski definition) is 5. The second kappa shape index (κ2) is 74.3. The largest absolute Gasteiger partial charge is 0.462 e. The standard InChI is InChI=1S/C79H142O5/c1-3-5-7-9-11-13-15-17-19-21-23-25-27-29-31-33-35-37-38-39-40-42-44-46-48-50-52-54-56-58-60-62-64-66-68-70-72-74-79(82)84-77(75-80)76-83-78(81)73-71-69-67-65-63-61-59-57-55-53-51-49-47-45-43-41-36-34-32-30-28-26-24-22-20-18-16-14-12-10-8-6-4-2/h5,7,11,13,17,19,22-25,29,31,35,37,77,80H,3-4,6,8-10,12,14-16,18,20-21,26-28,30,32-34,36,38-76H2,1-2H3/b7-5-,13-11-,19-17-,24-22-,25-23-,31-29-,37-35-. The van der Waals surface area contributed by atoms with Gasteiger partial charge in [-0.2, -0.15) is 0 Å². The van der Waals surface area contributed by atoms with Crippen LogP contribution < -0.4 is 0 Å². The average Bonchev–Trinajstić information content (AvgIpc) is 3.51. The maximum Gasteiger partial charge on any atom is 0.306 e. The molecule has 0 saturated heterocycles. The zero-order valence-electron chi connectivity index (χ0n) is 56.2. The Morgan fingerprint density at radius 2 is 0.512 bits per heavy atom. The van der Waals surface area contributed by atoms with E-state index >= 15 is 0 Å². The molecule has 0 aliphatic carbocycles. The van der Waals surface area contributed by atoms with Crippen molar-refractivity contribution in [2.75, 3.05) is 13.2 Å². The molecular weight excluding hydrogens is 1030 g/mol. The fourth-order valence-electron chi connectivity index (χ4n) is 11.1. The molecule has 0 spiro atoms. The van der Waals surface area contributed by atoms with Gasteiger partial charge in [-0.1, -0.05) is 369 Å². The number of unbranched alkanes of at least 4 members (excludes halogenated alkanes) is 47. The monoisotopic (exact) mass is 1170 g/mol. The van der Waals surface area contributed by atoms with Crippen LogP contribution in [-0.2, 0) is 19.1 Å². The SMILES string of the molecule is CC/C=C\C/C=C\C/C=C\C/C=C\C/C=C\C/C=C\CCCCCCCCCCCCCCCCCCCCC(=O)OC(CO)COC(=O)CCCCCCCCCCCCCCCCCCCCCCC/C=C\CCCCCCCCCC. The Labute approximate surface area is 524 Å². The Balaban J connectivity index is 3.41. The number of allylic oxidation sites excluding steroid dienone is 14. The van der Waals surface area contributed by atoms with Gasteiger partial charge in [-0.3, -0.25) is 9.59 Å². The fourth-order valence-corrected chi connectivity index (χ4v) is 11.1.